The molecule has 7 heteroatoms. The Kier molecular flexibility index (Phi) is 4.65. The average Bonchev–Trinajstić information content (AvgIpc) is 2.48. The van der Waals surface area contributed by atoms with Crippen LogP contribution in [-0.2, 0) is 19.1 Å². The van der Waals surface area contributed by atoms with Gasteiger partial charge in [-0.3, -0.25) is 14.4 Å². The summed E-state index contributed by atoms with van der Waals surface area (Å²) in [6.07, 6.45) is 0.674. The van der Waals surface area contributed by atoms with Gasteiger partial charge in [0.05, 0.1) is 12.8 Å². The lowest BCUT2D eigenvalue weighted by atomic mass is 10.0. The minimum Gasteiger partial charge on any atom is -0.469 e. The third-order valence-corrected chi connectivity index (χ3v) is 2.94. The largest absolute Gasteiger partial charge is 0.469 e. The van der Waals surface area contributed by atoms with Crippen LogP contribution in [0.2, 0.25) is 0 Å². The number of carbonyl (C=O) groups is 3. The second kappa shape index (κ2) is 6.65. The molecule has 1 aromatic carbocycles. The summed E-state index contributed by atoms with van der Waals surface area (Å²) in [6, 6.07) is 7.01. The van der Waals surface area contributed by atoms with Crippen molar-refractivity contribution < 1.29 is 19.1 Å². The zero-order chi connectivity index (χ0) is 15.2. The molecule has 0 aromatic heterocycles. The van der Waals surface area contributed by atoms with Crippen molar-refractivity contribution in [1.82, 2.24) is 5.43 Å². The summed E-state index contributed by atoms with van der Waals surface area (Å²) in [4.78, 5) is 33.5. The summed E-state index contributed by atoms with van der Waals surface area (Å²) in [7, 11) is 1.23. The van der Waals surface area contributed by atoms with Crippen molar-refractivity contribution in [2.24, 2.45) is 5.10 Å². The number of ether oxygens (including phenoxy) is 1. The van der Waals surface area contributed by atoms with Crippen LogP contribution in [0.15, 0.2) is 29.4 Å². The Hall–Kier alpha value is -2.70. The summed E-state index contributed by atoms with van der Waals surface area (Å²) in [5.74, 6) is -1.11. The number of nitrogens with zero attached hydrogens (tertiary/aromatic N) is 1. The Morgan fingerprint density at radius 2 is 2.00 bits per heavy atom. The summed E-state index contributed by atoms with van der Waals surface area (Å²) >= 11 is 0. The maximum absolute atomic E-state index is 11.5. The molecule has 21 heavy (non-hydrogen) atoms. The molecule has 7 nitrogen and oxygen atoms in total. The molecule has 0 spiro atoms. The first-order valence-electron chi connectivity index (χ1n) is 6.41. The van der Waals surface area contributed by atoms with E-state index in [1.54, 1.807) is 24.3 Å². The van der Waals surface area contributed by atoms with E-state index >= 15 is 0 Å². The molecular weight excluding hydrogens is 274 g/mol. The third kappa shape index (κ3) is 4.13. The fourth-order valence-electron chi connectivity index (χ4n) is 1.84. The number of hydrazone groups is 1. The van der Waals surface area contributed by atoms with Crippen LogP contribution in [0.25, 0.3) is 0 Å². The van der Waals surface area contributed by atoms with Crippen LogP contribution in [0.5, 0.6) is 0 Å². The van der Waals surface area contributed by atoms with Crippen molar-refractivity contribution >= 4 is 29.2 Å². The number of carbonyl (C=O) groups excluding carboxylic acids is 3. The van der Waals surface area contributed by atoms with Gasteiger partial charge in [-0.2, -0.15) is 5.10 Å². The standard InChI is InChI=1S/C14H15N3O4/c1-21-14(20)8-13(19)15-10-4-2-9(3-5-10)11-6-7-12(18)17-16-11/h2-5H,6-8H2,1H3,(H,15,19)(H,17,18). The SMILES string of the molecule is COC(=O)CC(=O)Nc1ccc(C2=NNC(=O)CC2)cc1. The van der Waals surface area contributed by atoms with Crippen molar-refractivity contribution in [3.63, 3.8) is 0 Å². The van der Waals surface area contributed by atoms with Crippen molar-refractivity contribution in [3.8, 4) is 0 Å². The van der Waals surface area contributed by atoms with E-state index in [-0.39, 0.29) is 12.3 Å². The molecule has 2 amide bonds. The number of hydrogen-bond donors (Lipinski definition) is 2. The first kappa shape index (κ1) is 14.7. The predicted octanol–water partition coefficient (Wildman–Crippen LogP) is 0.802. The van der Waals surface area contributed by atoms with Gasteiger partial charge in [-0.1, -0.05) is 12.1 Å². The van der Waals surface area contributed by atoms with Gasteiger partial charge in [-0.05, 0) is 17.7 Å². The lowest BCUT2D eigenvalue weighted by Crippen LogP contribution is -2.25. The van der Waals surface area contributed by atoms with Gasteiger partial charge in [-0.15, -0.1) is 0 Å². The summed E-state index contributed by atoms with van der Waals surface area (Å²) < 4.78 is 4.42. The number of esters is 1. The van der Waals surface area contributed by atoms with E-state index in [2.05, 4.69) is 20.6 Å². The van der Waals surface area contributed by atoms with Crippen molar-refractivity contribution in [1.29, 1.82) is 0 Å². The third-order valence-electron chi connectivity index (χ3n) is 2.94. The number of amides is 2. The van der Waals surface area contributed by atoms with E-state index < -0.39 is 11.9 Å². The Morgan fingerprint density at radius 1 is 1.29 bits per heavy atom. The maximum atomic E-state index is 11.5. The first-order chi connectivity index (χ1) is 10.1. The smallest absolute Gasteiger partial charge is 0.315 e. The minimum atomic E-state index is -0.587. The van der Waals surface area contributed by atoms with Gasteiger partial charge in [0.15, 0.2) is 0 Å². The summed E-state index contributed by atoms with van der Waals surface area (Å²) in [5.41, 5.74) is 4.68. The van der Waals surface area contributed by atoms with Crippen LogP contribution in [0.1, 0.15) is 24.8 Å². The molecule has 2 N–H and O–H groups in total. The van der Waals surface area contributed by atoms with E-state index in [1.807, 2.05) is 0 Å². The second-order valence-electron chi connectivity index (χ2n) is 4.47. The zero-order valence-corrected chi connectivity index (χ0v) is 11.5. The Balaban J connectivity index is 1.97. The molecule has 1 aromatic rings. The minimum absolute atomic E-state index is 0.0922. The number of anilines is 1. The first-order valence-corrected chi connectivity index (χ1v) is 6.41. The van der Waals surface area contributed by atoms with E-state index in [0.717, 1.165) is 11.3 Å². The van der Waals surface area contributed by atoms with Crippen LogP contribution >= 0.6 is 0 Å². The zero-order valence-electron chi connectivity index (χ0n) is 11.5. The number of nitrogens with one attached hydrogen (secondary N) is 2. The topological polar surface area (TPSA) is 96.9 Å². The van der Waals surface area contributed by atoms with Gasteiger partial charge in [-0.25, -0.2) is 5.43 Å². The molecule has 0 unspecified atom stereocenters. The predicted molar refractivity (Wildman–Crippen MR) is 75.6 cm³/mol. The Bertz CT molecular complexity index is 593. The lowest BCUT2D eigenvalue weighted by Gasteiger charge is -2.12. The van der Waals surface area contributed by atoms with Gasteiger partial charge in [0.2, 0.25) is 11.8 Å². The summed E-state index contributed by atoms with van der Waals surface area (Å²) in [5, 5.41) is 6.59. The molecule has 0 fully saturated rings. The van der Waals surface area contributed by atoms with Gasteiger partial charge in [0.25, 0.3) is 0 Å². The maximum Gasteiger partial charge on any atom is 0.315 e. The second-order valence-corrected chi connectivity index (χ2v) is 4.47. The molecule has 0 atom stereocenters. The van der Waals surface area contributed by atoms with Gasteiger partial charge in [0, 0.05) is 18.5 Å². The molecule has 0 aliphatic carbocycles. The molecule has 0 bridgehead atoms. The van der Waals surface area contributed by atoms with Crippen LogP contribution in [0, 0.1) is 0 Å². The Morgan fingerprint density at radius 3 is 2.57 bits per heavy atom. The number of hydrogen-bond acceptors (Lipinski definition) is 5. The van der Waals surface area contributed by atoms with Crippen molar-refractivity contribution in [3.05, 3.63) is 29.8 Å². The van der Waals surface area contributed by atoms with E-state index in [4.69, 9.17) is 0 Å². The number of methoxy groups -OCH3 is 1. The Labute approximate surface area is 121 Å². The van der Waals surface area contributed by atoms with Crippen LogP contribution < -0.4 is 10.7 Å². The van der Waals surface area contributed by atoms with Crippen LogP contribution in [0.4, 0.5) is 5.69 Å². The van der Waals surface area contributed by atoms with Crippen molar-refractivity contribution in [2.75, 3.05) is 12.4 Å². The highest BCUT2D eigenvalue weighted by atomic mass is 16.5. The molecule has 110 valence electrons. The molecule has 1 aliphatic heterocycles. The van der Waals surface area contributed by atoms with Gasteiger partial charge >= 0.3 is 5.97 Å². The summed E-state index contributed by atoms with van der Waals surface area (Å²) in [6.45, 7) is 0. The van der Waals surface area contributed by atoms with Gasteiger partial charge < -0.3 is 10.1 Å². The molecule has 1 heterocycles. The number of benzene rings is 1. The van der Waals surface area contributed by atoms with Crippen LogP contribution in [-0.4, -0.2) is 30.6 Å². The monoisotopic (exact) mass is 289 g/mol. The highest BCUT2D eigenvalue weighted by molar-refractivity contribution is 6.05. The van der Waals surface area contributed by atoms with Crippen molar-refractivity contribution in [2.45, 2.75) is 19.3 Å². The highest BCUT2D eigenvalue weighted by Crippen LogP contribution is 2.14. The molecule has 0 radical (unpaired) electrons. The quantitative estimate of drug-likeness (QED) is 0.633. The van der Waals surface area contributed by atoms with E-state index in [9.17, 15) is 14.4 Å². The molecular formula is C14H15N3O4. The number of rotatable bonds is 4. The van der Waals surface area contributed by atoms with E-state index in [0.29, 0.717) is 18.5 Å². The van der Waals surface area contributed by atoms with Crippen LogP contribution in [0.3, 0.4) is 0 Å². The molecule has 0 saturated carbocycles. The molecule has 0 saturated heterocycles. The highest BCUT2D eigenvalue weighted by Gasteiger charge is 2.13. The van der Waals surface area contributed by atoms with Gasteiger partial charge in [0.1, 0.15) is 6.42 Å². The molecule has 1 aliphatic rings. The fraction of sp³-hybridized carbons (Fsp3) is 0.286. The normalized spacial score (nSPS) is 14.0. The molecule has 2 rings (SSSR count). The average molecular weight is 289 g/mol. The lowest BCUT2D eigenvalue weighted by molar-refractivity contribution is -0.142. The van der Waals surface area contributed by atoms with E-state index in [1.165, 1.54) is 7.11 Å². The fourth-order valence-corrected chi connectivity index (χ4v) is 1.84.